The molecule has 4 N–H and O–H groups in total. The number of carbonyl (C=O) groups excluding carboxylic acids is 5. The second-order valence-electron chi connectivity index (χ2n) is 10.0. The molecule has 12 nitrogen and oxygen atoms in total. The monoisotopic (exact) mass is 653 g/mol. The van der Waals surface area contributed by atoms with Crippen molar-refractivity contribution < 1.29 is 43.3 Å². The third kappa shape index (κ3) is 11.7. The predicted octanol–water partition coefficient (Wildman–Crippen LogP) is 3.40. The molecular weight excluding hydrogens is 617 g/mol. The van der Waals surface area contributed by atoms with Crippen molar-refractivity contribution in [3.63, 3.8) is 0 Å². The van der Waals surface area contributed by atoms with E-state index in [4.69, 9.17) is 37.4 Å². The highest BCUT2D eigenvalue weighted by molar-refractivity contribution is 6.39. The normalized spacial score (nSPS) is 13.5. The largest absolute Gasteiger partial charge is 0.466 e. The number of carbonyl (C=O) groups is 5. The minimum Gasteiger partial charge on any atom is -0.466 e. The number of esters is 2. The van der Waals surface area contributed by atoms with E-state index in [9.17, 15) is 29.1 Å². The average molecular weight is 655 g/mol. The Balaban J connectivity index is 2.02. The maximum absolute atomic E-state index is 13.0. The maximum Gasteiger partial charge on any atom is 0.408 e. The van der Waals surface area contributed by atoms with Crippen LogP contribution in [-0.2, 0) is 35.2 Å². The second kappa shape index (κ2) is 18.1. The number of alkyl carbamates (subject to hydrolysis) is 1. The van der Waals surface area contributed by atoms with E-state index in [1.165, 1.54) is 25.1 Å². The van der Waals surface area contributed by atoms with Crippen LogP contribution in [0.3, 0.4) is 0 Å². The molecule has 2 rings (SSSR count). The predicted molar refractivity (Wildman–Crippen MR) is 162 cm³/mol. The molecule has 2 aromatic carbocycles. The minimum absolute atomic E-state index is 0.00281. The van der Waals surface area contributed by atoms with E-state index in [1.807, 2.05) is 6.07 Å². The Bertz CT molecular complexity index is 1270. The zero-order valence-corrected chi connectivity index (χ0v) is 26.3. The maximum atomic E-state index is 13.0. The van der Waals surface area contributed by atoms with Gasteiger partial charge in [0, 0.05) is 0 Å². The second-order valence-corrected chi connectivity index (χ2v) is 10.9. The van der Waals surface area contributed by atoms with Gasteiger partial charge in [0.25, 0.3) is 0 Å². The molecule has 0 aromatic heterocycles. The lowest BCUT2D eigenvalue weighted by Crippen LogP contribution is -2.57. The van der Waals surface area contributed by atoms with Crippen molar-refractivity contribution in [1.82, 2.24) is 16.0 Å². The SMILES string of the molecule is CCOC(=O)C[C@H](NC(=O)[C@H](C)NC(=O)[C@@H](NC(=O)OCc1ccccc1)C(C)C)[C@@H](O)COC(=O)c1c(Cl)cccc1Cl. The highest BCUT2D eigenvalue weighted by Crippen LogP contribution is 2.25. The van der Waals surface area contributed by atoms with Crippen molar-refractivity contribution in [1.29, 1.82) is 0 Å². The van der Waals surface area contributed by atoms with Crippen LogP contribution >= 0.6 is 23.2 Å². The van der Waals surface area contributed by atoms with Gasteiger partial charge < -0.3 is 35.3 Å². The molecule has 3 amide bonds. The summed E-state index contributed by atoms with van der Waals surface area (Å²) in [5.74, 6) is -3.44. The van der Waals surface area contributed by atoms with Crippen molar-refractivity contribution in [2.75, 3.05) is 13.2 Å². The molecule has 0 saturated carbocycles. The van der Waals surface area contributed by atoms with Gasteiger partial charge in [0.1, 0.15) is 31.4 Å². The van der Waals surface area contributed by atoms with Crippen LogP contribution in [0.15, 0.2) is 48.5 Å². The fourth-order valence-electron chi connectivity index (χ4n) is 3.83. The first-order valence-electron chi connectivity index (χ1n) is 13.9. The van der Waals surface area contributed by atoms with Gasteiger partial charge in [-0.15, -0.1) is 0 Å². The number of amides is 3. The Hall–Kier alpha value is -3.87. The molecule has 0 heterocycles. The molecule has 44 heavy (non-hydrogen) atoms. The third-order valence-corrected chi connectivity index (χ3v) is 6.85. The van der Waals surface area contributed by atoms with Gasteiger partial charge in [-0.3, -0.25) is 14.4 Å². The smallest absolute Gasteiger partial charge is 0.408 e. The minimum atomic E-state index is -1.55. The highest BCUT2D eigenvalue weighted by atomic mass is 35.5. The van der Waals surface area contributed by atoms with E-state index in [-0.39, 0.29) is 34.7 Å². The van der Waals surface area contributed by atoms with Crippen molar-refractivity contribution in [3.05, 3.63) is 69.7 Å². The molecule has 0 aliphatic heterocycles. The molecule has 0 aliphatic rings. The number of ether oxygens (including phenoxy) is 3. The zero-order valence-electron chi connectivity index (χ0n) is 24.8. The molecule has 0 aliphatic carbocycles. The molecular formula is C30H37Cl2N3O9. The summed E-state index contributed by atoms with van der Waals surface area (Å²) < 4.78 is 15.3. The van der Waals surface area contributed by atoms with Gasteiger partial charge in [0.15, 0.2) is 0 Å². The Morgan fingerprint density at radius 1 is 0.818 bits per heavy atom. The first-order chi connectivity index (χ1) is 20.8. The van der Waals surface area contributed by atoms with Gasteiger partial charge >= 0.3 is 18.0 Å². The summed E-state index contributed by atoms with van der Waals surface area (Å²) in [5.41, 5.74) is 0.656. The van der Waals surface area contributed by atoms with E-state index in [0.717, 1.165) is 5.56 Å². The van der Waals surface area contributed by atoms with Gasteiger partial charge in [0.05, 0.1) is 34.7 Å². The lowest BCUT2D eigenvalue weighted by molar-refractivity contribution is -0.145. The summed E-state index contributed by atoms with van der Waals surface area (Å²) in [5, 5.41) is 18.3. The summed E-state index contributed by atoms with van der Waals surface area (Å²) in [6, 6.07) is 9.95. The quantitative estimate of drug-likeness (QED) is 0.166. The summed E-state index contributed by atoms with van der Waals surface area (Å²) >= 11 is 12.1. The Morgan fingerprint density at radius 3 is 2.05 bits per heavy atom. The number of hydrogen-bond acceptors (Lipinski definition) is 9. The topological polar surface area (TPSA) is 169 Å². The van der Waals surface area contributed by atoms with Crippen molar-refractivity contribution in [3.8, 4) is 0 Å². The summed E-state index contributed by atoms with van der Waals surface area (Å²) in [6.07, 6.45) is -2.83. The summed E-state index contributed by atoms with van der Waals surface area (Å²) in [4.78, 5) is 63.1. The van der Waals surface area contributed by atoms with E-state index in [1.54, 1.807) is 45.0 Å². The molecule has 0 unspecified atom stereocenters. The zero-order chi connectivity index (χ0) is 32.8. The first kappa shape index (κ1) is 36.3. The number of halogens is 2. The summed E-state index contributed by atoms with van der Waals surface area (Å²) in [6.45, 7) is 5.81. The molecule has 14 heteroatoms. The number of hydrogen-bond donors (Lipinski definition) is 4. The molecule has 0 fully saturated rings. The first-order valence-corrected chi connectivity index (χ1v) is 14.6. The molecule has 0 radical (unpaired) electrons. The van der Waals surface area contributed by atoms with Crippen LogP contribution in [0.2, 0.25) is 10.0 Å². The van der Waals surface area contributed by atoms with Crippen LogP contribution in [0.4, 0.5) is 4.79 Å². The van der Waals surface area contributed by atoms with E-state index in [0.29, 0.717) is 0 Å². The molecule has 0 spiro atoms. The average Bonchev–Trinajstić information content (AvgIpc) is 2.97. The lowest BCUT2D eigenvalue weighted by Gasteiger charge is -2.27. The van der Waals surface area contributed by atoms with Crippen LogP contribution in [-0.4, -0.2) is 72.4 Å². The van der Waals surface area contributed by atoms with Crippen LogP contribution in [0.25, 0.3) is 0 Å². The Kier molecular flexibility index (Phi) is 14.9. The third-order valence-electron chi connectivity index (χ3n) is 6.22. The fourth-order valence-corrected chi connectivity index (χ4v) is 4.38. The molecule has 2 aromatic rings. The van der Waals surface area contributed by atoms with Gasteiger partial charge in [-0.05, 0) is 37.5 Å². The van der Waals surface area contributed by atoms with Gasteiger partial charge in [-0.2, -0.15) is 0 Å². The Labute approximate surface area is 265 Å². The van der Waals surface area contributed by atoms with Crippen molar-refractivity contribution >= 4 is 53.0 Å². The van der Waals surface area contributed by atoms with Gasteiger partial charge in [0.2, 0.25) is 11.8 Å². The van der Waals surface area contributed by atoms with Crippen molar-refractivity contribution in [2.24, 2.45) is 5.92 Å². The number of aliphatic hydroxyl groups is 1. The van der Waals surface area contributed by atoms with Gasteiger partial charge in [-0.25, -0.2) is 9.59 Å². The number of nitrogens with one attached hydrogen (secondary N) is 3. The van der Waals surface area contributed by atoms with E-state index in [2.05, 4.69) is 16.0 Å². The van der Waals surface area contributed by atoms with Crippen molar-refractivity contribution in [2.45, 2.75) is 65.0 Å². The standard InChI is InChI=1S/C30H37Cl2N3O9/c1-5-42-24(37)14-22(23(36)16-43-29(40)25-20(31)12-9-13-21(25)32)34-27(38)18(4)33-28(39)26(17(2)3)35-30(41)44-15-19-10-7-6-8-11-19/h6-13,17-18,22-23,26,36H,5,14-16H2,1-4H3,(H,33,39)(H,34,38)(H,35,41)/t18-,22-,23-,26-/m0/s1. The molecule has 0 saturated heterocycles. The van der Waals surface area contributed by atoms with E-state index < -0.39 is 67.1 Å². The highest BCUT2D eigenvalue weighted by Gasteiger charge is 2.31. The summed E-state index contributed by atoms with van der Waals surface area (Å²) in [7, 11) is 0. The molecule has 0 bridgehead atoms. The number of rotatable bonds is 15. The number of aliphatic hydroxyl groups excluding tert-OH is 1. The van der Waals surface area contributed by atoms with Crippen LogP contribution in [0.1, 0.15) is 50.0 Å². The van der Waals surface area contributed by atoms with Crippen LogP contribution in [0.5, 0.6) is 0 Å². The van der Waals surface area contributed by atoms with Gasteiger partial charge in [-0.1, -0.05) is 73.4 Å². The van der Waals surface area contributed by atoms with Crippen LogP contribution < -0.4 is 16.0 Å². The van der Waals surface area contributed by atoms with E-state index >= 15 is 0 Å². The van der Waals surface area contributed by atoms with Crippen LogP contribution in [0, 0.1) is 5.92 Å². The number of benzene rings is 2. The molecule has 240 valence electrons. The Morgan fingerprint density at radius 2 is 1.45 bits per heavy atom. The fraction of sp³-hybridized carbons (Fsp3) is 0.433. The molecule has 4 atom stereocenters. The lowest BCUT2D eigenvalue weighted by atomic mass is 10.0.